The average Bonchev–Trinajstić information content (AvgIpc) is 2.87. The predicted molar refractivity (Wildman–Crippen MR) is 134 cm³/mol. The number of benzene rings is 2. The van der Waals surface area contributed by atoms with E-state index in [1.807, 2.05) is 12.1 Å². The minimum atomic E-state index is -2.28. The summed E-state index contributed by atoms with van der Waals surface area (Å²) in [7, 11) is 2.13. The fourth-order valence-electron chi connectivity index (χ4n) is 4.60. The first-order valence-electron chi connectivity index (χ1n) is 12.3. The Hall–Kier alpha value is -2.87. The second kappa shape index (κ2) is 11.0. The highest BCUT2D eigenvalue weighted by Crippen LogP contribution is 2.25. The van der Waals surface area contributed by atoms with Crippen molar-refractivity contribution in [3.05, 3.63) is 59.4 Å². The number of carbonyl (C=O) groups excluding carboxylic acids is 1. The van der Waals surface area contributed by atoms with Gasteiger partial charge in [0.1, 0.15) is 11.9 Å². The van der Waals surface area contributed by atoms with Crippen LogP contribution in [0, 0.1) is 17.1 Å². The van der Waals surface area contributed by atoms with Gasteiger partial charge in [-0.25, -0.2) is 4.39 Å². The van der Waals surface area contributed by atoms with E-state index in [9.17, 15) is 15.2 Å². The lowest BCUT2D eigenvalue weighted by atomic mass is 9.89. The number of nitrogens with zero attached hydrogens (tertiary/aromatic N) is 3. The van der Waals surface area contributed by atoms with Crippen LogP contribution in [-0.4, -0.2) is 78.5 Å². The summed E-state index contributed by atoms with van der Waals surface area (Å²) in [5.41, 5.74) is 5.52. The first-order valence-corrected chi connectivity index (χ1v) is 12.3. The Morgan fingerprint density at radius 2 is 1.81 bits per heavy atom. The SMILES string of the molecule is CN1CCN(Cc2ccc(-c3ccc(CC(O)(C#N)NC(=O)C4(N)CCOCC4)c(F)c3)cc2)CC1. The first kappa shape index (κ1) is 26.2. The van der Waals surface area contributed by atoms with Crippen molar-refractivity contribution in [2.75, 3.05) is 46.4 Å². The zero-order valence-corrected chi connectivity index (χ0v) is 20.7. The van der Waals surface area contributed by atoms with Crippen molar-refractivity contribution < 1.29 is 19.0 Å². The number of piperazine rings is 1. The molecule has 2 aromatic rings. The number of hydrogen-bond acceptors (Lipinski definition) is 7. The van der Waals surface area contributed by atoms with Crippen molar-refractivity contribution >= 4 is 5.91 Å². The second-order valence-corrected chi connectivity index (χ2v) is 9.95. The Kier molecular flexibility index (Phi) is 8.03. The fourth-order valence-corrected chi connectivity index (χ4v) is 4.60. The van der Waals surface area contributed by atoms with E-state index in [1.165, 1.54) is 17.7 Å². The molecule has 0 spiro atoms. The van der Waals surface area contributed by atoms with Crippen LogP contribution < -0.4 is 11.1 Å². The molecule has 2 fully saturated rings. The number of halogens is 1. The number of amides is 1. The van der Waals surface area contributed by atoms with Gasteiger partial charge in [0.2, 0.25) is 11.6 Å². The van der Waals surface area contributed by atoms with Gasteiger partial charge in [-0.05, 0) is 48.2 Å². The summed E-state index contributed by atoms with van der Waals surface area (Å²) >= 11 is 0. The van der Waals surface area contributed by atoms with Crippen LogP contribution >= 0.6 is 0 Å². The number of ether oxygens (including phenoxy) is 1. The van der Waals surface area contributed by atoms with Crippen molar-refractivity contribution in [2.45, 2.75) is 37.1 Å². The number of rotatable bonds is 7. The summed E-state index contributed by atoms with van der Waals surface area (Å²) in [5.74, 6) is -1.21. The minimum absolute atomic E-state index is 0.118. The van der Waals surface area contributed by atoms with E-state index in [4.69, 9.17) is 10.5 Å². The normalized spacial score (nSPS) is 20.3. The maximum absolute atomic E-state index is 15.0. The molecule has 2 heterocycles. The molecule has 36 heavy (non-hydrogen) atoms. The average molecular weight is 496 g/mol. The standard InChI is InChI=1S/C27H34FN5O3/c1-32-10-12-33(13-11-32)18-20-2-4-21(5-3-20)22-6-7-23(24(28)16-22)17-27(35,19-29)31-25(34)26(30)8-14-36-15-9-26/h2-7,16,35H,8-15,17-18,30H2,1H3,(H,31,34). The Bertz CT molecular complexity index is 1110. The lowest BCUT2D eigenvalue weighted by molar-refractivity contribution is -0.135. The molecule has 1 amide bonds. The lowest BCUT2D eigenvalue weighted by Crippen LogP contribution is -2.62. The maximum atomic E-state index is 15.0. The maximum Gasteiger partial charge on any atom is 0.243 e. The Balaban J connectivity index is 1.41. The number of hydrogen-bond donors (Lipinski definition) is 3. The Morgan fingerprint density at radius 3 is 2.42 bits per heavy atom. The fraction of sp³-hybridized carbons (Fsp3) is 0.481. The summed E-state index contributed by atoms with van der Waals surface area (Å²) < 4.78 is 20.2. The minimum Gasteiger partial charge on any atom is -0.381 e. The highest BCUT2D eigenvalue weighted by Gasteiger charge is 2.41. The third-order valence-electron chi connectivity index (χ3n) is 7.13. The topological polar surface area (TPSA) is 115 Å². The van der Waals surface area contributed by atoms with E-state index in [-0.39, 0.29) is 18.4 Å². The highest BCUT2D eigenvalue weighted by atomic mass is 19.1. The molecule has 192 valence electrons. The summed E-state index contributed by atoms with van der Waals surface area (Å²) in [6, 6.07) is 14.4. The van der Waals surface area contributed by atoms with Gasteiger partial charge in [0.15, 0.2) is 0 Å². The largest absolute Gasteiger partial charge is 0.381 e. The number of nitrogens with two attached hydrogens (primary N) is 1. The molecule has 8 nitrogen and oxygen atoms in total. The summed E-state index contributed by atoms with van der Waals surface area (Å²) in [6.45, 7) is 5.75. The molecule has 0 radical (unpaired) electrons. The first-order chi connectivity index (χ1) is 17.2. The number of likely N-dealkylation sites (N-methyl/N-ethyl adjacent to an activating group) is 1. The molecular weight excluding hydrogens is 461 g/mol. The molecule has 4 rings (SSSR count). The molecule has 0 aliphatic carbocycles. The van der Waals surface area contributed by atoms with Gasteiger partial charge in [0, 0.05) is 52.4 Å². The van der Waals surface area contributed by atoms with Crippen LogP contribution in [0.25, 0.3) is 11.1 Å². The molecule has 2 aliphatic heterocycles. The lowest BCUT2D eigenvalue weighted by Gasteiger charge is -2.34. The number of aliphatic hydroxyl groups is 1. The van der Waals surface area contributed by atoms with E-state index < -0.39 is 29.4 Å². The molecule has 2 saturated heterocycles. The van der Waals surface area contributed by atoms with Gasteiger partial charge >= 0.3 is 0 Å². The predicted octanol–water partition coefficient (Wildman–Crippen LogP) is 1.62. The van der Waals surface area contributed by atoms with Crippen molar-refractivity contribution in [1.29, 1.82) is 5.26 Å². The van der Waals surface area contributed by atoms with Gasteiger partial charge in [-0.2, -0.15) is 5.26 Å². The van der Waals surface area contributed by atoms with Crippen LogP contribution in [0.4, 0.5) is 4.39 Å². The van der Waals surface area contributed by atoms with Crippen LogP contribution in [0.2, 0.25) is 0 Å². The molecular formula is C27H34FN5O3. The van der Waals surface area contributed by atoms with Crippen LogP contribution in [0.5, 0.6) is 0 Å². The van der Waals surface area contributed by atoms with E-state index in [2.05, 4.69) is 34.3 Å². The van der Waals surface area contributed by atoms with Crippen LogP contribution in [0.15, 0.2) is 42.5 Å². The van der Waals surface area contributed by atoms with E-state index >= 15 is 4.39 Å². The van der Waals surface area contributed by atoms with Crippen LogP contribution in [0.1, 0.15) is 24.0 Å². The number of nitrogens with one attached hydrogen (secondary N) is 1. The molecule has 1 unspecified atom stereocenters. The van der Waals surface area contributed by atoms with Crippen molar-refractivity contribution in [1.82, 2.24) is 15.1 Å². The van der Waals surface area contributed by atoms with Gasteiger partial charge in [0.25, 0.3) is 0 Å². The number of carbonyl (C=O) groups is 1. The van der Waals surface area contributed by atoms with Gasteiger partial charge in [-0.15, -0.1) is 0 Å². The van der Waals surface area contributed by atoms with Crippen molar-refractivity contribution in [2.24, 2.45) is 5.73 Å². The van der Waals surface area contributed by atoms with E-state index in [1.54, 1.807) is 12.1 Å². The summed E-state index contributed by atoms with van der Waals surface area (Å²) in [4.78, 5) is 17.4. The van der Waals surface area contributed by atoms with Gasteiger partial charge in [0.05, 0.1) is 5.54 Å². The zero-order valence-electron chi connectivity index (χ0n) is 20.7. The molecule has 2 aliphatic rings. The van der Waals surface area contributed by atoms with Crippen LogP contribution in [0.3, 0.4) is 0 Å². The molecule has 0 aromatic heterocycles. The molecule has 0 bridgehead atoms. The summed E-state index contributed by atoms with van der Waals surface area (Å²) in [5, 5.41) is 22.6. The van der Waals surface area contributed by atoms with Crippen molar-refractivity contribution in [3.8, 4) is 17.2 Å². The van der Waals surface area contributed by atoms with Gasteiger partial charge in [-0.1, -0.05) is 36.4 Å². The smallest absolute Gasteiger partial charge is 0.243 e. The Labute approximate surface area is 211 Å². The highest BCUT2D eigenvalue weighted by molar-refractivity contribution is 5.87. The van der Waals surface area contributed by atoms with E-state index in [0.717, 1.165) is 38.3 Å². The van der Waals surface area contributed by atoms with Crippen molar-refractivity contribution in [3.63, 3.8) is 0 Å². The third kappa shape index (κ3) is 6.27. The molecule has 2 aromatic carbocycles. The molecule has 1 atom stereocenters. The summed E-state index contributed by atoms with van der Waals surface area (Å²) in [6.07, 6.45) is 0.146. The van der Waals surface area contributed by atoms with E-state index in [0.29, 0.717) is 18.8 Å². The molecule has 0 saturated carbocycles. The van der Waals surface area contributed by atoms with Gasteiger partial charge in [-0.3, -0.25) is 9.69 Å². The quantitative estimate of drug-likeness (QED) is 0.395. The molecule has 4 N–H and O–H groups in total. The van der Waals surface area contributed by atoms with Crippen LogP contribution in [-0.2, 0) is 22.5 Å². The third-order valence-corrected chi connectivity index (χ3v) is 7.13. The zero-order chi connectivity index (χ0) is 25.8. The molecule has 9 heteroatoms. The number of nitriles is 1. The monoisotopic (exact) mass is 495 g/mol. The second-order valence-electron chi connectivity index (χ2n) is 9.95. The Morgan fingerprint density at radius 1 is 1.17 bits per heavy atom. The van der Waals surface area contributed by atoms with Gasteiger partial charge < -0.3 is 25.8 Å².